The van der Waals surface area contributed by atoms with E-state index in [4.69, 9.17) is 0 Å². The second-order valence-electron chi connectivity index (χ2n) is 15.5. The summed E-state index contributed by atoms with van der Waals surface area (Å²) >= 11 is 0. The molecule has 0 radical (unpaired) electrons. The Balaban J connectivity index is 1.11. The van der Waals surface area contributed by atoms with E-state index in [1.54, 1.807) is 23.1 Å². The van der Waals surface area contributed by atoms with Gasteiger partial charge >= 0.3 is 0 Å². The van der Waals surface area contributed by atoms with Crippen LogP contribution in [0.1, 0.15) is 73.5 Å². The molecule has 3 aromatic rings. The number of carbonyl (C=O) groups excluding carboxylic acids is 2. The number of anilines is 2. The molecule has 49 heavy (non-hydrogen) atoms. The van der Waals surface area contributed by atoms with Crippen LogP contribution in [0.4, 0.5) is 11.4 Å². The van der Waals surface area contributed by atoms with Crippen molar-refractivity contribution in [3.8, 4) is 0 Å². The summed E-state index contributed by atoms with van der Waals surface area (Å²) < 4.78 is 33.1. The molecule has 4 heterocycles. The molecule has 2 aliphatic carbocycles. The zero-order chi connectivity index (χ0) is 34.1. The maximum absolute atomic E-state index is 14.1. The van der Waals surface area contributed by atoms with Gasteiger partial charge in [0.2, 0.25) is 10.0 Å². The Morgan fingerprint density at radius 2 is 1.80 bits per heavy atom. The Hall–Kier alpha value is -4.18. The van der Waals surface area contributed by atoms with Crippen molar-refractivity contribution in [3.63, 3.8) is 0 Å². The number of aromatic nitrogens is 1. The third kappa shape index (κ3) is 5.43. The zero-order valence-electron chi connectivity index (χ0n) is 28.2. The van der Waals surface area contributed by atoms with E-state index < -0.39 is 20.9 Å². The lowest BCUT2D eigenvalue weighted by Crippen LogP contribution is -2.47. The first kappa shape index (κ1) is 32.0. The summed E-state index contributed by atoms with van der Waals surface area (Å²) in [4.78, 5) is 43.9. The summed E-state index contributed by atoms with van der Waals surface area (Å²) in [6, 6.07) is 21.0. The number of nitrogens with one attached hydrogen (secondary N) is 1. The fourth-order valence-corrected chi connectivity index (χ4v) is 11.6. The van der Waals surface area contributed by atoms with Crippen LogP contribution in [0, 0.1) is 22.7 Å². The quantitative estimate of drug-likeness (QED) is 0.351. The number of fused-ring (bicyclic) bond motifs is 6. The third-order valence-electron chi connectivity index (χ3n) is 12.5. The summed E-state index contributed by atoms with van der Waals surface area (Å²) in [7, 11) is -3.98. The topological polar surface area (TPSA) is 109 Å². The summed E-state index contributed by atoms with van der Waals surface area (Å²) in [5.41, 5.74) is 3.59. The van der Waals surface area contributed by atoms with Gasteiger partial charge in [-0.05, 0) is 78.3 Å². The van der Waals surface area contributed by atoms with E-state index in [9.17, 15) is 22.8 Å². The van der Waals surface area contributed by atoms with E-state index in [1.807, 2.05) is 54.8 Å². The Labute approximate surface area is 288 Å². The molecule has 1 N–H and O–H groups in total. The molecule has 0 spiro atoms. The largest absolute Gasteiger partial charge is 0.369 e. The van der Waals surface area contributed by atoms with E-state index in [-0.39, 0.29) is 40.8 Å². The number of pyridine rings is 1. The van der Waals surface area contributed by atoms with Crippen LogP contribution in [0.3, 0.4) is 0 Å². The third-order valence-corrected chi connectivity index (χ3v) is 13.9. The first-order valence-electron chi connectivity index (χ1n) is 17.6. The van der Waals surface area contributed by atoms with Crippen molar-refractivity contribution in [2.75, 3.05) is 41.6 Å². The first-order chi connectivity index (χ1) is 23.4. The van der Waals surface area contributed by atoms with Crippen LogP contribution >= 0.6 is 0 Å². The molecule has 3 aliphatic heterocycles. The number of carbonyl (C=O) groups is 2. The molecule has 4 atom stereocenters. The van der Waals surface area contributed by atoms with Crippen LogP contribution in [0.15, 0.2) is 77.6 Å². The van der Waals surface area contributed by atoms with Crippen LogP contribution in [0.25, 0.3) is 5.57 Å². The minimum Gasteiger partial charge on any atom is -0.369 e. The van der Waals surface area contributed by atoms with Gasteiger partial charge in [0.25, 0.3) is 11.5 Å². The van der Waals surface area contributed by atoms with Gasteiger partial charge in [0.1, 0.15) is 5.78 Å². The van der Waals surface area contributed by atoms with Crippen LogP contribution in [0.5, 0.6) is 0 Å². The molecule has 1 saturated heterocycles. The maximum Gasteiger partial charge on any atom is 0.254 e. The molecule has 1 amide bonds. The zero-order valence-corrected chi connectivity index (χ0v) is 29.0. The smallest absolute Gasteiger partial charge is 0.254 e. The number of Topliss-reactive ketones (excluding diaryl/α,β-unsaturated/α-hetero) is 1. The minimum atomic E-state index is -3.98. The predicted molar refractivity (Wildman–Crippen MR) is 191 cm³/mol. The highest BCUT2D eigenvalue weighted by Crippen LogP contribution is 2.64. The highest BCUT2D eigenvalue weighted by Gasteiger charge is 2.65. The Morgan fingerprint density at radius 3 is 2.51 bits per heavy atom. The van der Waals surface area contributed by atoms with Gasteiger partial charge in [-0.2, -0.15) is 0 Å². The van der Waals surface area contributed by atoms with E-state index >= 15 is 0 Å². The predicted octanol–water partition coefficient (Wildman–Crippen LogP) is 5.54. The SMILES string of the molecule is CC1(C)C2CCC1(CS(=O)(=O)Nc1cc(C(=O)N3CC=C(c4ccccc4)CC3)ccc1N1CC3CC(C1)c1cccc(=O)n1C3)C(=O)C2. The highest BCUT2D eigenvalue weighted by atomic mass is 32.2. The van der Waals surface area contributed by atoms with Crippen molar-refractivity contribution in [3.05, 3.63) is 100.0 Å². The van der Waals surface area contributed by atoms with Gasteiger partial charge in [-0.15, -0.1) is 0 Å². The molecule has 10 heteroatoms. The van der Waals surface area contributed by atoms with Crippen molar-refractivity contribution in [2.45, 2.75) is 58.4 Å². The lowest BCUT2D eigenvalue weighted by atomic mass is 9.70. The molecule has 256 valence electrons. The number of hydrogen-bond donors (Lipinski definition) is 1. The number of amides is 1. The van der Waals surface area contributed by atoms with E-state index in [2.05, 4.69) is 27.8 Å². The second-order valence-corrected chi connectivity index (χ2v) is 17.2. The van der Waals surface area contributed by atoms with Gasteiger partial charge in [-0.3, -0.25) is 19.1 Å². The average molecular weight is 681 g/mol. The van der Waals surface area contributed by atoms with E-state index in [0.29, 0.717) is 62.5 Å². The molecule has 2 aromatic carbocycles. The fourth-order valence-electron chi connectivity index (χ4n) is 9.71. The van der Waals surface area contributed by atoms with Gasteiger partial charge in [0.05, 0.1) is 22.5 Å². The van der Waals surface area contributed by atoms with Crippen molar-refractivity contribution in [1.82, 2.24) is 9.47 Å². The molecule has 2 saturated carbocycles. The minimum absolute atomic E-state index is 0.0123. The first-order valence-corrected chi connectivity index (χ1v) is 19.3. The number of benzene rings is 2. The lowest BCUT2D eigenvalue weighted by molar-refractivity contribution is -0.128. The molecule has 5 aliphatic rings. The van der Waals surface area contributed by atoms with Crippen molar-refractivity contribution >= 4 is 38.7 Å². The van der Waals surface area contributed by atoms with Crippen LogP contribution in [-0.4, -0.2) is 61.5 Å². The van der Waals surface area contributed by atoms with Gasteiger partial charge in [0, 0.05) is 62.4 Å². The van der Waals surface area contributed by atoms with Crippen molar-refractivity contribution in [2.24, 2.45) is 22.7 Å². The maximum atomic E-state index is 14.1. The average Bonchev–Trinajstić information content (AvgIpc) is 3.43. The monoisotopic (exact) mass is 680 g/mol. The number of sulfonamides is 1. The van der Waals surface area contributed by atoms with E-state index in [1.165, 1.54) is 5.57 Å². The van der Waals surface area contributed by atoms with Crippen LogP contribution < -0.4 is 15.2 Å². The van der Waals surface area contributed by atoms with Crippen LogP contribution in [-0.2, 0) is 21.4 Å². The summed E-state index contributed by atoms with van der Waals surface area (Å²) in [6.07, 6.45) is 5.68. The molecule has 9 nitrogen and oxygen atoms in total. The number of nitrogens with zero attached hydrogens (tertiary/aromatic N) is 3. The molecule has 8 rings (SSSR count). The Morgan fingerprint density at radius 1 is 0.980 bits per heavy atom. The summed E-state index contributed by atoms with van der Waals surface area (Å²) in [6.45, 7) is 7.03. The summed E-state index contributed by atoms with van der Waals surface area (Å²) in [5.74, 6) is 0.189. The van der Waals surface area contributed by atoms with Gasteiger partial charge in [0.15, 0.2) is 0 Å². The number of ketones is 1. The van der Waals surface area contributed by atoms with Gasteiger partial charge < -0.3 is 14.4 Å². The Kier molecular flexibility index (Phi) is 7.66. The number of piperidine rings is 1. The number of hydrogen-bond acceptors (Lipinski definition) is 6. The van der Waals surface area contributed by atoms with Gasteiger partial charge in [-0.25, -0.2) is 8.42 Å². The second kappa shape index (κ2) is 11.7. The molecule has 4 unspecified atom stereocenters. The standard InChI is InChI=1S/C39H44N4O5S/c1-38(2)31-13-16-39(38,35(44)21-31)25-49(47,48)40-32-20-29(37(46)41-17-14-28(15-18-41)27-7-4-3-5-8-27)11-12-34(32)42-22-26-19-30(24-42)33-9-6-10-36(45)43(33)23-26/h3-12,14,20,26,30-31,40H,13,15-19,21-25H2,1-2H3. The highest BCUT2D eigenvalue weighted by molar-refractivity contribution is 7.92. The number of rotatable bonds is 7. The van der Waals surface area contributed by atoms with Crippen molar-refractivity contribution in [1.29, 1.82) is 0 Å². The molecular weight excluding hydrogens is 637 g/mol. The lowest BCUT2D eigenvalue weighted by Gasteiger charge is -2.44. The van der Waals surface area contributed by atoms with Crippen molar-refractivity contribution < 1.29 is 18.0 Å². The van der Waals surface area contributed by atoms with Gasteiger partial charge in [-0.1, -0.05) is 56.3 Å². The summed E-state index contributed by atoms with van der Waals surface area (Å²) in [5, 5.41) is 0. The van der Waals surface area contributed by atoms with E-state index in [0.717, 1.165) is 30.5 Å². The van der Waals surface area contributed by atoms with Crippen LogP contribution in [0.2, 0.25) is 0 Å². The Bertz CT molecular complexity index is 2040. The molecular formula is C39H44N4O5S. The normalized spacial score (nSPS) is 27.1. The molecule has 4 bridgehead atoms. The fraction of sp³-hybridized carbons (Fsp3) is 0.462. The molecule has 3 fully saturated rings. The molecule has 1 aromatic heterocycles.